The molecule has 29 heavy (non-hydrogen) atoms. The molecule has 2 aromatic rings. The summed E-state index contributed by atoms with van der Waals surface area (Å²) >= 11 is 0. The van der Waals surface area contributed by atoms with Gasteiger partial charge in [-0.25, -0.2) is 0 Å². The van der Waals surface area contributed by atoms with Crippen molar-refractivity contribution in [3.8, 4) is 5.75 Å². The summed E-state index contributed by atoms with van der Waals surface area (Å²) in [4.78, 5) is 24.4. The highest BCUT2D eigenvalue weighted by Gasteiger charge is 2.24. The van der Waals surface area contributed by atoms with Gasteiger partial charge in [0.25, 0.3) is 0 Å². The fraction of sp³-hybridized carbons (Fsp3) is 0.391. The van der Waals surface area contributed by atoms with Crippen molar-refractivity contribution in [2.24, 2.45) is 5.41 Å². The Morgan fingerprint density at radius 1 is 0.966 bits per heavy atom. The number of aliphatic hydroxyl groups excluding tert-OH is 2. The molecule has 0 aliphatic rings. The van der Waals surface area contributed by atoms with Crippen molar-refractivity contribution in [3.05, 3.63) is 64.7 Å². The maximum Gasteiger partial charge on any atom is 0.316 e. The molecule has 0 spiro atoms. The predicted octanol–water partition coefficient (Wildman–Crippen LogP) is 2.52. The zero-order chi connectivity index (χ0) is 21.4. The van der Waals surface area contributed by atoms with Crippen molar-refractivity contribution >= 4 is 11.9 Å². The van der Waals surface area contributed by atoms with Gasteiger partial charge >= 0.3 is 5.97 Å². The van der Waals surface area contributed by atoms with E-state index >= 15 is 0 Å². The van der Waals surface area contributed by atoms with E-state index in [9.17, 15) is 19.8 Å². The maximum atomic E-state index is 12.3. The van der Waals surface area contributed by atoms with Gasteiger partial charge in [-0.15, -0.1) is 0 Å². The minimum absolute atomic E-state index is 0.00778. The van der Waals surface area contributed by atoms with Crippen LogP contribution < -0.4 is 10.1 Å². The van der Waals surface area contributed by atoms with Crippen LogP contribution >= 0.6 is 0 Å². The van der Waals surface area contributed by atoms with Gasteiger partial charge in [-0.1, -0.05) is 36.4 Å². The van der Waals surface area contributed by atoms with Crippen molar-refractivity contribution in [2.75, 3.05) is 6.54 Å². The molecule has 0 aliphatic heterocycles. The highest BCUT2D eigenvalue weighted by molar-refractivity contribution is 5.80. The molecular formula is C23H29NO5. The SMILES string of the molecule is CC(C)(C)C(=O)Oc1cc(CC(=O)NCCc2cccc(CO)c2)ccc1CO. The molecule has 2 aromatic carbocycles. The standard InChI is InChI=1S/C23H29NO5/c1-23(2,3)22(28)29-20-12-17(7-8-19(20)15-26)13-21(27)24-10-9-16-5-4-6-18(11-16)14-25/h4-8,11-12,25-26H,9-10,13-15H2,1-3H3,(H,24,27). The molecule has 6 heteroatoms. The zero-order valence-electron chi connectivity index (χ0n) is 17.2. The van der Waals surface area contributed by atoms with E-state index < -0.39 is 11.4 Å². The second kappa shape index (κ2) is 10.2. The first-order valence-corrected chi connectivity index (χ1v) is 9.63. The molecule has 156 valence electrons. The van der Waals surface area contributed by atoms with Crippen LogP contribution in [0.15, 0.2) is 42.5 Å². The Balaban J connectivity index is 1.95. The van der Waals surface area contributed by atoms with Crippen molar-refractivity contribution in [3.63, 3.8) is 0 Å². The summed E-state index contributed by atoms with van der Waals surface area (Å²) in [5, 5.41) is 21.5. The number of ether oxygens (including phenoxy) is 1. The zero-order valence-corrected chi connectivity index (χ0v) is 17.2. The van der Waals surface area contributed by atoms with Crippen LogP contribution in [0.4, 0.5) is 0 Å². The summed E-state index contributed by atoms with van der Waals surface area (Å²) < 4.78 is 5.43. The second-order valence-electron chi connectivity index (χ2n) is 7.99. The van der Waals surface area contributed by atoms with Crippen molar-refractivity contribution in [1.82, 2.24) is 5.32 Å². The summed E-state index contributed by atoms with van der Waals surface area (Å²) in [5.41, 5.74) is 2.40. The van der Waals surface area contributed by atoms with Gasteiger partial charge in [0.15, 0.2) is 0 Å². The molecule has 0 fully saturated rings. The third-order valence-electron chi connectivity index (χ3n) is 4.39. The van der Waals surface area contributed by atoms with E-state index in [4.69, 9.17) is 4.74 Å². The van der Waals surface area contributed by atoms with E-state index in [1.165, 1.54) is 0 Å². The topological polar surface area (TPSA) is 95.9 Å². The van der Waals surface area contributed by atoms with Gasteiger partial charge < -0.3 is 20.3 Å². The number of carbonyl (C=O) groups is 2. The van der Waals surface area contributed by atoms with Crippen LogP contribution in [0.3, 0.4) is 0 Å². The summed E-state index contributed by atoms with van der Waals surface area (Å²) in [6.45, 7) is 5.47. The van der Waals surface area contributed by atoms with Gasteiger partial charge in [-0.05, 0) is 49.9 Å². The van der Waals surface area contributed by atoms with Crippen LogP contribution in [0.1, 0.15) is 43.0 Å². The van der Waals surface area contributed by atoms with E-state index in [0.717, 1.165) is 11.1 Å². The van der Waals surface area contributed by atoms with Gasteiger partial charge in [0.2, 0.25) is 5.91 Å². The summed E-state index contributed by atoms with van der Waals surface area (Å²) in [7, 11) is 0. The molecular weight excluding hydrogens is 370 g/mol. The van der Waals surface area contributed by atoms with Gasteiger partial charge in [0.05, 0.1) is 25.0 Å². The first-order chi connectivity index (χ1) is 13.7. The highest BCUT2D eigenvalue weighted by Crippen LogP contribution is 2.25. The fourth-order valence-corrected chi connectivity index (χ4v) is 2.67. The Kier molecular flexibility index (Phi) is 7.93. The quantitative estimate of drug-likeness (QED) is 0.468. The third-order valence-corrected chi connectivity index (χ3v) is 4.39. The third kappa shape index (κ3) is 7.00. The van der Waals surface area contributed by atoms with Crippen molar-refractivity contribution in [1.29, 1.82) is 0 Å². The minimum atomic E-state index is -0.673. The number of carbonyl (C=O) groups excluding carboxylic acids is 2. The van der Waals surface area contributed by atoms with Crippen LogP contribution in [-0.4, -0.2) is 28.6 Å². The molecule has 1 amide bonds. The molecule has 0 aliphatic carbocycles. The number of benzene rings is 2. The van der Waals surface area contributed by atoms with Gasteiger partial charge in [-0.2, -0.15) is 0 Å². The molecule has 0 saturated heterocycles. The Hall–Kier alpha value is -2.70. The molecule has 3 N–H and O–H groups in total. The number of hydrogen-bond acceptors (Lipinski definition) is 5. The number of nitrogens with one attached hydrogen (secondary N) is 1. The lowest BCUT2D eigenvalue weighted by atomic mass is 9.97. The average Bonchev–Trinajstić information content (AvgIpc) is 2.67. The largest absolute Gasteiger partial charge is 0.426 e. The number of amides is 1. The van der Waals surface area contributed by atoms with E-state index in [0.29, 0.717) is 24.1 Å². The molecule has 6 nitrogen and oxygen atoms in total. The van der Waals surface area contributed by atoms with Crippen LogP contribution in [0, 0.1) is 5.41 Å². The summed E-state index contributed by atoms with van der Waals surface area (Å²) in [5.74, 6) is -0.273. The normalized spacial score (nSPS) is 11.2. The molecule has 0 aromatic heterocycles. The number of esters is 1. The lowest BCUT2D eigenvalue weighted by Crippen LogP contribution is -2.27. The first-order valence-electron chi connectivity index (χ1n) is 9.63. The minimum Gasteiger partial charge on any atom is -0.426 e. The van der Waals surface area contributed by atoms with Crippen LogP contribution in [0.2, 0.25) is 0 Å². The summed E-state index contributed by atoms with van der Waals surface area (Å²) in [6.07, 6.45) is 0.805. The predicted molar refractivity (Wildman–Crippen MR) is 110 cm³/mol. The lowest BCUT2D eigenvalue weighted by Gasteiger charge is -2.18. The van der Waals surface area contributed by atoms with E-state index in [2.05, 4.69) is 5.32 Å². The number of hydrogen-bond donors (Lipinski definition) is 3. The number of aliphatic hydroxyl groups is 2. The van der Waals surface area contributed by atoms with Crippen molar-refractivity contribution < 1.29 is 24.5 Å². The van der Waals surface area contributed by atoms with Crippen molar-refractivity contribution in [2.45, 2.75) is 46.8 Å². The fourth-order valence-electron chi connectivity index (χ4n) is 2.67. The Labute approximate surface area is 171 Å². The average molecular weight is 399 g/mol. The van der Waals surface area contributed by atoms with E-state index in [1.807, 2.05) is 24.3 Å². The highest BCUT2D eigenvalue weighted by atomic mass is 16.5. The van der Waals surface area contributed by atoms with E-state index in [-0.39, 0.29) is 31.3 Å². The maximum absolute atomic E-state index is 12.3. The second-order valence-corrected chi connectivity index (χ2v) is 7.99. The molecule has 0 atom stereocenters. The summed E-state index contributed by atoms with van der Waals surface area (Å²) in [6, 6.07) is 12.6. The Morgan fingerprint density at radius 3 is 2.34 bits per heavy atom. The first kappa shape index (κ1) is 22.6. The Bertz CT molecular complexity index is 855. The van der Waals surface area contributed by atoms with Crippen LogP contribution in [0.5, 0.6) is 5.75 Å². The van der Waals surface area contributed by atoms with Crippen LogP contribution in [-0.2, 0) is 35.6 Å². The van der Waals surface area contributed by atoms with Gasteiger partial charge in [0, 0.05) is 12.1 Å². The lowest BCUT2D eigenvalue weighted by molar-refractivity contribution is -0.143. The molecule has 2 rings (SSSR count). The Morgan fingerprint density at radius 2 is 1.69 bits per heavy atom. The molecule has 0 heterocycles. The van der Waals surface area contributed by atoms with E-state index in [1.54, 1.807) is 39.0 Å². The van der Waals surface area contributed by atoms with Gasteiger partial charge in [0.1, 0.15) is 5.75 Å². The van der Waals surface area contributed by atoms with Crippen LogP contribution in [0.25, 0.3) is 0 Å². The smallest absolute Gasteiger partial charge is 0.316 e. The monoisotopic (exact) mass is 399 g/mol. The molecule has 0 unspecified atom stereocenters. The molecule has 0 radical (unpaired) electrons. The molecule has 0 saturated carbocycles. The molecule has 0 bridgehead atoms. The van der Waals surface area contributed by atoms with Gasteiger partial charge in [-0.3, -0.25) is 9.59 Å². The number of rotatable bonds is 8.